The molecule has 0 aliphatic carbocycles. The van der Waals surface area contributed by atoms with Gasteiger partial charge in [-0.2, -0.15) is 5.10 Å². The fourth-order valence-electron chi connectivity index (χ4n) is 3.00. The van der Waals surface area contributed by atoms with Gasteiger partial charge in [0, 0.05) is 18.0 Å². The van der Waals surface area contributed by atoms with Gasteiger partial charge in [-0.15, -0.1) is 5.10 Å². The number of anilines is 1. The smallest absolute Gasteiger partial charge is 0.285 e. The molecule has 0 spiro atoms. The van der Waals surface area contributed by atoms with Gasteiger partial charge in [0.2, 0.25) is 0 Å². The van der Waals surface area contributed by atoms with Gasteiger partial charge in [-0.05, 0) is 17.7 Å². The van der Waals surface area contributed by atoms with Gasteiger partial charge in [-0.1, -0.05) is 34.5 Å². The van der Waals surface area contributed by atoms with Crippen molar-refractivity contribution in [1.82, 2.24) is 25.2 Å². The highest BCUT2D eigenvalue weighted by atomic mass is 35.5. The number of aromatic nitrogens is 5. The third-order valence-corrected chi connectivity index (χ3v) is 5.05. The van der Waals surface area contributed by atoms with Gasteiger partial charge in [0.1, 0.15) is 16.5 Å². The Morgan fingerprint density at radius 3 is 2.96 bits per heavy atom. The predicted octanol–water partition coefficient (Wildman–Crippen LogP) is 2.42. The monoisotopic (exact) mass is 394 g/mol. The first-order valence-corrected chi connectivity index (χ1v) is 8.62. The molecule has 0 radical (unpaired) electrons. The van der Waals surface area contributed by atoms with Crippen molar-refractivity contribution in [3.63, 3.8) is 0 Å². The molecule has 0 amide bonds. The van der Waals surface area contributed by atoms with Gasteiger partial charge in [-0.25, -0.2) is 14.2 Å². The Kier molecular flexibility index (Phi) is 4.37. The van der Waals surface area contributed by atoms with E-state index in [0.717, 1.165) is 17.0 Å². The summed E-state index contributed by atoms with van der Waals surface area (Å²) in [7, 11) is 0. The van der Waals surface area contributed by atoms with E-state index in [4.69, 9.17) is 23.2 Å². The summed E-state index contributed by atoms with van der Waals surface area (Å²) < 4.78 is 15.0. The van der Waals surface area contributed by atoms with Crippen LogP contribution >= 0.6 is 23.2 Å². The molecule has 0 bridgehead atoms. The van der Waals surface area contributed by atoms with Gasteiger partial charge in [0.25, 0.3) is 5.56 Å². The van der Waals surface area contributed by atoms with Crippen LogP contribution in [0.1, 0.15) is 17.0 Å². The van der Waals surface area contributed by atoms with Crippen LogP contribution in [0.25, 0.3) is 0 Å². The highest BCUT2D eigenvalue weighted by Crippen LogP contribution is 2.27. The van der Waals surface area contributed by atoms with Crippen LogP contribution in [0.15, 0.2) is 29.2 Å². The van der Waals surface area contributed by atoms with Gasteiger partial charge >= 0.3 is 0 Å². The summed E-state index contributed by atoms with van der Waals surface area (Å²) in [6.45, 7) is 1.52. The number of halogens is 3. The number of nitrogens with one attached hydrogen (secondary N) is 1. The molecule has 0 unspecified atom stereocenters. The second-order valence-corrected chi connectivity index (χ2v) is 6.73. The van der Waals surface area contributed by atoms with E-state index in [0.29, 0.717) is 36.8 Å². The van der Waals surface area contributed by atoms with Crippen molar-refractivity contribution in [3.8, 4) is 0 Å². The third-order valence-electron chi connectivity index (χ3n) is 4.33. The number of fused-ring (bicyclic) bond motifs is 1. The first-order chi connectivity index (χ1) is 12.5. The lowest BCUT2D eigenvalue weighted by Gasteiger charge is -2.28. The number of hydrogen-bond donors (Lipinski definition) is 1. The molecular weight excluding hydrogens is 382 g/mol. The second-order valence-electron chi connectivity index (χ2n) is 5.95. The lowest BCUT2D eigenvalue weighted by atomic mass is 10.1. The molecular formula is C16H13Cl2FN6O. The van der Waals surface area contributed by atoms with Crippen LogP contribution in [0, 0.1) is 5.82 Å². The van der Waals surface area contributed by atoms with Crippen molar-refractivity contribution >= 4 is 28.9 Å². The van der Waals surface area contributed by atoms with Gasteiger partial charge in [0.15, 0.2) is 0 Å². The van der Waals surface area contributed by atoms with Gasteiger partial charge in [0.05, 0.1) is 30.7 Å². The minimum absolute atomic E-state index is 0.105. The van der Waals surface area contributed by atoms with Crippen molar-refractivity contribution in [2.75, 3.05) is 11.4 Å². The van der Waals surface area contributed by atoms with Crippen molar-refractivity contribution in [3.05, 3.63) is 67.6 Å². The number of benzene rings is 1. The van der Waals surface area contributed by atoms with Crippen LogP contribution in [0.3, 0.4) is 0 Å². The molecule has 0 saturated carbocycles. The molecule has 1 N–H and O–H groups in total. The molecule has 1 aliphatic rings. The Bertz CT molecular complexity index is 1030. The first-order valence-electron chi connectivity index (χ1n) is 7.86. The molecule has 0 saturated heterocycles. The van der Waals surface area contributed by atoms with Crippen LogP contribution < -0.4 is 10.5 Å². The second kappa shape index (κ2) is 6.69. The fourth-order valence-corrected chi connectivity index (χ4v) is 3.44. The van der Waals surface area contributed by atoms with Crippen molar-refractivity contribution in [1.29, 1.82) is 0 Å². The Hall–Kier alpha value is -2.45. The predicted molar refractivity (Wildman–Crippen MR) is 95.2 cm³/mol. The summed E-state index contributed by atoms with van der Waals surface area (Å²) >= 11 is 12.2. The van der Waals surface area contributed by atoms with Crippen LogP contribution in [-0.4, -0.2) is 31.7 Å². The number of nitrogens with zero attached hydrogens (tertiary/aromatic N) is 5. The normalized spacial score (nSPS) is 13.7. The zero-order chi connectivity index (χ0) is 18.3. The van der Waals surface area contributed by atoms with E-state index in [1.165, 1.54) is 18.3 Å². The highest BCUT2D eigenvalue weighted by molar-refractivity contribution is 6.33. The molecule has 10 heteroatoms. The number of rotatable bonds is 3. The maximum atomic E-state index is 13.2. The summed E-state index contributed by atoms with van der Waals surface area (Å²) in [5.74, 6) is -0.377. The fraction of sp³-hybridized carbons (Fsp3) is 0.250. The Balaban J connectivity index is 1.59. The van der Waals surface area contributed by atoms with Crippen molar-refractivity contribution in [2.24, 2.45) is 0 Å². The molecule has 26 heavy (non-hydrogen) atoms. The largest absolute Gasteiger partial charge is 0.362 e. The zero-order valence-corrected chi connectivity index (χ0v) is 14.9. The molecule has 3 heterocycles. The maximum absolute atomic E-state index is 13.2. The van der Waals surface area contributed by atoms with Crippen LogP contribution in [0.5, 0.6) is 0 Å². The van der Waals surface area contributed by atoms with E-state index < -0.39 is 5.56 Å². The summed E-state index contributed by atoms with van der Waals surface area (Å²) in [6.07, 6.45) is 2.20. The van der Waals surface area contributed by atoms with Crippen LogP contribution in [0.4, 0.5) is 10.1 Å². The van der Waals surface area contributed by atoms with Gasteiger partial charge in [-0.3, -0.25) is 4.79 Å². The van der Waals surface area contributed by atoms with Crippen LogP contribution in [0.2, 0.25) is 10.0 Å². The van der Waals surface area contributed by atoms with Gasteiger partial charge < -0.3 is 4.90 Å². The molecule has 7 nitrogen and oxygen atoms in total. The Morgan fingerprint density at radius 2 is 2.15 bits per heavy atom. The summed E-state index contributed by atoms with van der Waals surface area (Å²) in [4.78, 5) is 13.6. The molecule has 134 valence electrons. The summed E-state index contributed by atoms with van der Waals surface area (Å²) in [5.41, 5.74) is 2.69. The number of aromatic amines is 1. The molecule has 2 aromatic heterocycles. The Labute approximate surface area is 157 Å². The quantitative estimate of drug-likeness (QED) is 0.737. The topological polar surface area (TPSA) is 79.7 Å². The highest BCUT2D eigenvalue weighted by Gasteiger charge is 2.24. The van der Waals surface area contributed by atoms with E-state index >= 15 is 0 Å². The van der Waals surface area contributed by atoms with E-state index in [9.17, 15) is 9.18 Å². The SMILES string of the molecule is O=c1[nH]ncc(N2CCc3c(nnn3Cc3ccc(F)cc3Cl)C2)c1Cl. The standard InChI is InChI=1S/C16H13Cl2FN6O/c17-11-5-10(19)2-1-9(11)7-25-13-3-4-24(8-12(13)21-23-25)14-6-20-22-16(26)15(14)18/h1-2,5-6H,3-4,7-8H2,(H,22,26). The lowest BCUT2D eigenvalue weighted by molar-refractivity contribution is 0.601. The first kappa shape index (κ1) is 17.0. The average Bonchev–Trinajstić information content (AvgIpc) is 3.02. The minimum atomic E-state index is -0.426. The average molecular weight is 395 g/mol. The number of H-pyrrole nitrogens is 1. The zero-order valence-electron chi connectivity index (χ0n) is 13.4. The molecule has 1 aliphatic heterocycles. The molecule has 4 rings (SSSR count). The summed E-state index contributed by atoms with van der Waals surface area (Å²) in [5, 5.41) is 15.0. The van der Waals surface area contributed by atoms with Crippen LogP contribution in [-0.2, 0) is 19.5 Å². The number of hydrogen-bond acceptors (Lipinski definition) is 5. The lowest BCUT2D eigenvalue weighted by Crippen LogP contribution is -2.32. The molecule has 3 aromatic rings. The molecule has 0 fully saturated rings. The molecule has 1 aromatic carbocycles. The summed E-state index contributed by atoms with van der Waals surface area (Å²) in [6, 6.07) is 4.29. The maximum Gasteiger partial charge on any atom is 0.285 e. The van der Waals surface area contributed by atoms with E-state index in [2.05, 4.69) is 20.5 Å². The minimum Gasteiger partial charge on any atom is -0.362 e. The van der Waals surface area contributed by atoms with E-state index in [1.54, 1.807) is 10.7 Å². The van der Waals surface area contributed by atoms with Crippen molar-refractivity contribution in [2.45, 2.75) is 19.5 Å². The van der Waals surface area contributed by atoms with E-state index in [1.807, 2.05) is 4.90 Å². The van der Waals surface area contributed by atoms with E-state index in [-0.39, 0.29) is 10.8 Å². The van der Waals surface area contributed by atoms with Crippen molar-refractivity contribution < 1.29 is 4.39 Å². The molecule has 0 atom stereocenters. The Morgan fingerprint density at radius 1 is 1.31 bits per heavy atom. The third kappa shape index (κ3) is 3.06.